The highest BCUT2D eigenvalue weighted by atomic mass is 127. The Morgan fingerprint density at radius 1 is 1.80 bits per heavy atom. The molecular formula is C4H7I2NO3. The van der Waals surface area contributed by atoms with Crippen molar-refractivity contribution in [2.24, 2.45) is 0 Å². The van der Waals surface area contributed by atoms with Crippen molar-refractivity contribution in [3.63, 3.8) is 0 Å². The van der Waals surface area contributed by atoms with E-state index in [1.165, 1.54) is 0 Å². The van der Waals surface area contributed by atoms with Crippen molar-refractivity contribution >= 4 is 51.4 Å². The van der Waals surface area contributed by atoms with E-state index in [0.29, 0.717) is 4.61 Å². The lowest BCUT2D eigenvalue weighted by atomic mass is 10.3. The fraction of sp³-hybridized carbons (Fsp3) is 0.750. The number of ether oxygens (including phenoxy) is 1. The molecule has 1 atom stereocenters. The first kappa shape index (κ1) is 10.8. The zero-order chi connectivity index (χ0) is 7.98. The van der Waals surface area contributed by atoms with Gasteiger partial charge in [-0.05, 0) is 0 Å². The van der Waals surface area contributed by atoms with Crippen molar-refractivity contribution in [3.05, 3.63) is 0 Å². The van der Waals surface area contributed by atoms with Crippen LogP contribution in [0.3, 0.4) is 0 Å². The van der Waals surface area contributed by atoms with Crippen LogP contribution in [0.1, 0.15) is 0 Å². The standard InChI is InChI=1S/C4H7I2NO3/c5-2-10-1-3(7-6)4(8)9/h3,7H,1-2H2,(H,8,9)/t3-/m1/s1. The minimum Gasteiger partial charge on any atom is -0.480 e. The molecule has 60 valence electrons. The van der Waals surface area contributed by atoms with Gasteiger partial charge >= 0.3 is 5.97 Å². The van der Waals surface area contributed by atoms with E-state index in [2.05, 4.69) is 3.53 Å². The van der Waals surface area contributed by atoms with E-state index >= 15 is 0 Å². The molecule has 0 aliphatic heterocycles. The van der Waals surface area contributed by atoms with Gasteiger partial charge in [-0.25, -0.2) is 3.53 Å². The van der Waals surface area contributed by atoms with Crippen LogP contribution in [-0.2, 0) is 9.53 Å². The van der Waals surface area contributed by atoms with E-state index in [4.69, 9.17) is 9.84 Å². The van der Waals surface area contributed by atoms with Crippen molar-refractivity contribution in [2.75, 3.05) is 11.2 Å². The lowest BCUT2D eigenvalue weighted by Gasteiger charge is -2.07. The number of nitrogens with one attached hydrogen (secondary N) is 1. The maximum Gasteiger partial charge on any atom is 0.323 e. The Balaban J connectivity index is 3.50. The van der Waals surface area contributed by atoms with Crippen molar-refractivity contribution < 1.29 is 14.6 Å². The number of carbonyl (C=O) groups is 1. The number of carboxylic acids is 1. The lowest BCUT2D eigenvalue weighted by molar-refractivity contribution is -0.140. The van der Waals surface area contributed by atoms with Gasteiger partial charge in [0.2, 0.25) is 0 Å². The van der Waals surface area contributed by atoms with Gasteiger partial charge in [-0.1, -0.05) is 22.6 Å². The van der Waals surface area contributed by atoms with Crippen molar-refractivity contribution in [2.45, 2.75) is 6.04 Å². The molecule has 0 saturated heterocycles. The van der Waals surface area contributed by atoms with Crippen LogP contribution in [0.2, 0.25) is 0 Å². The van der Waals surface area contributed by atoms with Gasteiger partial charge in [-0.3, -0.25) is 4.79 Å². The van der Waals surface area contributed by atoms with Gasteiger partial charge in [-0.2, -0.15) is 0 Å². The third-order valence-electron chi connectivity index (χ3n) is 0.791. The predicted molar refractivity (Wildman–Crippen MR) is 53.4 cm³/mol. The highest BCUT2D eigenvalue weighted by molar-refractivity contribution is 14.1. The van der Waals surface area contributed by atoms with E-state index in [9.17, 15) is 4.79 Å². The van der Waals surface area contributed by atoms with Gasteiger partial charge < -0.3 is 9.84 Å². The Labute approximate surface area is 86.3 Å². The molecule has 4 nitrogen and oxygen atoms in total. The molecule has 10 heavy (non-hydrogen) atoms. The van der Waals surface area contributed by atoms with E-state index < -0.39 is 12.0 Å². The SMILES string of the molecule is O=C(O)[C@@H](COCI)NI. The second-order valence-corrected chi connectivity index (χ2v) is 2.73. The largest absolute Gasteiger partial charge is 0.480 e. The summed E-state index contributed by atoms with van der Waals surface area (Å²) in [6, 6.07) is -0.602. The van der Waals surface area contributed by atoms with Crippen molar-refractivity contribution in [1.29, 1.82) is 0 Å². The quantitative estimate of drug-likeness (QED) is 0.427. The molecule has 0 aromatic carbocycles. The number of hydrogen-bond donors (Lipinski definition) is 2. The van der Waals surface area contributed by atoms with Gasteiger partial charge in [0.1, 0.15) is 6.04 Å². The number of alkyl halides is 1. The number of rotatable bonds is 5. The van der Waals surface area contributed by atoms with Gasteiger partial charge in [0.05, 0.1) is 11.2 Å². The number of carboxylic acid groups (broad SMARTS) is 1. The summed E-state index contributed by atoms with van der Waals surface area (Å²) in [4.78, 5) is 10.3. The zero-order valence-electron chi connectivity index (χ0n) is 5.01. The number of hydrogen-bond acceptors (Lipinski definition) is 3. The molecule has 0 bridgehead atoms. The molecular weight excluding hydrogens is 364 g/mol. The summed E-state index contributed by atoms with van der Waals surface area (Å²) >= 11 is 3.81. The maximum atomic E-state index is 10.3. The van der Waals surface area contributed by atoms with Crippen LogP contribution in [0.4, 0.5) is 0 Å². The minimum atomic E-state index is -0.890. The first-order valence-electron chi connectivity index (χ1n) is 2.45. The van der Waals surface area contributed by atoms with Gasteiger partial charge in [0, 0.05) is 22.9 Å². The summed E-state index contributed by atoms with van der Waals surface area (Å²) in [5, 5.41) is 8.45. The van der Waals surface area contributed by atoms with Crippen LogP contribution in [0, 0.1) is 0 Å². The summed E-state index contributed by atoms with van der Waals surface area (Å²) in [5.74, 6) is -0.890. The van der Waals surface area contributed by atoms with Gasteiger partial charge in [-0.15, -0.1) is 0 Å². The maximum absolute atomic E-state index is 10.3. The molecule has 0 saturated carbocycles. The van der Waals surface area contributed by atoms with E-state index in [0.717, 1.165) is 0 Å². The molecule has 0 aliphatic carbocycles. The Kier molecular flexibility index (Phi) is 7.11. The van der Waals surface area contributed by atoms with E-state index in [-0.39, 0.29) is 6.61 Å². The Hall–Kier alpha value is 0.850. The minimum absolute atomic E-state index is 0.210. The fourth-order valence-electron chi connectivity index (χ4n) is 0.312. The Morgan fingerprint density at radius 2 is 2.40 bits per heavy atom. The molecule has 2 N–H and O–H groups in total. The molecule has 0 rings (SSSR count). The first-order valence-corrected chi connectivity index (χ1v) is 5.05. The average molecular weight is 371 g/mol. The zero-order valence-corrected chi connectivity index (χ0v) is 9.33. The van der Waals surface area contributed by atoms with Crippen molar-refractivity contribution in [1.82, 2.24) is 3.53 Å². The monoisotopic (exact) mass is 371 g/mol. The molecule has 0 fully saturated rings. The molecule has 0 aromatic rings. The first-order chi connectivity index (χ1) is 4.72. The molecule has 0 spiro atoms. The van der Waals surface area contributed by atoms with E-state index in [1.807, 2.05) is 22.6 Å². The summed E-state index contributed by atoms with van der Waals surface area (Å²) in [6.45, 7) is 0.210. The highest BCUT2D eigenvalue weighted by Crippen LogP contribution is 1.91. The molecule has 0 heterocycles. The molecule has 0 aliphatic rings. The Morgan fingerprint density at radius 3 is 2.70 bits per heavy atom. The van der Waals surface area contributed by atoms with Crippen LogP contribution in [0.25, 0.3) is 0 Å². The second-order valence-electron chi connectivity index (χ2n) is 1.48. The molecule has 0 aromatic heterocycles. The topological polar surface area (TPSA) is 58.6 Å². The van der Waals surface area contributed by atoms with Crippen LogP contribution in [0.15, 0.2) is 0 Å². The Bertz CT molecular complexity index is 111. The number of aliphatic carboxylic acids is 1. The molecule has 0 amide bonds. The summed E-state index contributed by atoms with van der Waals surface area (Å²) in [5.41, 5.74) is 0. The van der Waals surface area contributed by atoms with Crippen LogP contribution in [-0.4, -0.2) is 28.3 Å². The second kappa shape index (κ2) is 6.55. The molecule has 0 unspecified atom stereocenters. The predicted octanol–water partition coefficient (Wildman–Crippen LogP) is 0.788. The third kappa shape index (κ3) is 4.63. The summed E-state index contributed by atoms with van der Waals surface area (Å²) in [6.07, 6.45) is 0. The van der Waals surface area contributed by atoms with Crippen molar-refractivity contribution in [3.8, 4) is 0 Å². The lowest BCUT2D eigenvalue weighted by Crippen LogP contribution is -2.34. The summed E-state index contributed by atoms with van der Waals surface area (Å²) < 4.78 is 7.98. The smallest absolute Gasteiger partial charge is 0.323 e. The molecule has 6 heteroatoms. The van der Waals surface area contributed by atoms with Crippen LogP contribution in [0.5, 0.6) is 0 Å². The summed E-state index contributed by atoms with van der Waals surface area (Å²) in [7, 11) is 0. The normalized spacial score (nSPS) is 13.0. The average Bonchev–Trinajstić information content (AvgIpc) is 1.89. The van der Waals surface area contributed by atoms with Gasteiger partial charge in [0.25, 0.3) is 0 Å². The third-order valence-corrected chi connectivity index (χ3v) is 1.98. The number of halogens is 2. The fourth-order valence-corrected chi connectivity index (χ4v) is 1.01. The van der Waals surface area contributed by atoms with E-state index in [1.54, 1.807) is 22.9 Å². The van der Waals surface area contributed by atoms with Crippen LogP contribution < -0.4 is 3.53 Å². The van der Waals surface area contributed by atoms with Gasteiger partial charge in [0.15, 0.2) is 0 Å². The van der Waals surface area contributed by atoms with Crippen LogP contribution >= 0.6 is 45.5 Å². The highest BCUT2D eigenvalue weighted by Gasteiger charge is 2.14. The molecule has 0 radical (unpaired) electrons.